The minimum atomic E-state index is -0.830. The largest absolute Gasteiger partial charge is 0.389 e. The van der Waals surface area contributed by atoms with Gasteiger partial charge < -0.3 is 15.3 Å². The lowest BCUT2D eigenvalue weighted by Crippen LogP contribution is -2.46. The van der Waals surface area contributed by atoms with Crippen LogP contribution in [0.2, 0.25) is 0 Å². The van der Waals surface area contributed by atoms with Crippen molar-refractivity contribution >= 4 is 5.91 Å². The number of rotatable bonds is 6. The Balaban J connectivity index is 4.11. The second kappa shape index (κ2) is 6.08. The molecule has 0 heterocycles. The molecule has 4 heteroatoms. The molecule has 0 rings (SSSR count). The van der Waals surface area contributed by atoms with Gasteiger partial charge in [0, 0.05) is 19.1 Å². The molecule has 0 unspecified atom stereocenters. The second-order valence-electron chi connectivity index (χ2n) is 4.76. The van der Waals surface area contributed by atoms with E-state index in [9.17, 15) is 9.90 Å². The Morgan fingerprint density at radius 2 is 2.00 bits per heavy atom. The van der Waals surface area contributed by atoms with E-state index in [2.05, 4.69) is 5.32 Å². The highest BCUT2D eigenvalue weighted by molar-refractivity contribution is 5.78. The Labute approximate surface area is 92.7 Å². The third-order valence-corrected chi connectivity index (χ3v) is 1.97. The van der Waals surface area contributed by atoms with E-state index in [1.54, 1.807) is 18.7 Å². The summed E-state index contributed by atoms with van der Waals surface area (Å²) in [4.78, 5) is 13.4. The summed E-state index contributed by atoms with van der Waals surface area (Å²) in [5.74, 6) is 0.0355. The van der Waals surface area contributed by atoms with Crippen LogP contribution in [-0.2, 0) is 4.79 Å². The first-order valence-corrected chi connectivity index (χ1v) is 5.49. The number of carbonyl (C=O) groups is 1. The summed E-state index contributed by atoms with van der Waals surface area (Å²) in [6, 6.07) is 0.301. The summed E-state index contributed by atoms with van der Waals surface area (Å²) in [5, 5.41) is 12.7. The first kappa shape index (κ1) is 14.4. The maximum Gasteiger partial charge on any atom is 0.236 e. The highest BCUT2D eigenvalue weighted by Crippen LogP contribution is 2.04. The molecule has 4 nitrogen and oxygen atoms in total. The Morgan fingerprint density at radius 3 is 2.33 bits per heavy atom. The van der Waals surface area contributed by atoms with Crippen LogP contribution in [0.4, 0.5) is 0 Å². The van der Waals surface area contributed by atoms with Gasteiger partial charge in [-0.1, -0.05) is 13.8 Å². The van der Waals surface area contributed by atoms with Crippen LogP contribution >= 0.6 is 0 Å². The molecule has 0 saturated carbocycles. The molecule has 0 aliphatic heterocycles. The van der Waals surface area contributed by atoms with Crippen LogP contribution in [0.15, 0.2) is 0 Å². The molecule has 0 aromatic rings. The Bertz CT molecular complexity index is 197. The third-order valence-electron chi connectivity index (χ3n) is 1.97. The van der Waals surface area contributed by atoms with E-state index in [0.717, 1.165) is 0 Å². The summed E-state index contributed by atoms with van der Waals surface area (Å²) >= 11 is 0. The Kier molecular flexibility index (Phi) is 5.83. The predicted octanol–water partition coefficient (Wildman–Crippen LogP) is 0.604. The molecule has 90 valence electrons. The van der Waals surface area contributed by atoms with Crippen LogP contribution in [0.5, 0.6) is 0 Å². The van der Waals surface area contributed by atoms with Gasteiger partial charge in [0.15, 0.2) is 0 Å². The molecular formula is C11H24N2O2. The van der Waals surface area contributed by atoms with E-state index in [0.29, 0.717) is 25.7 Å². The van der Waals surface area contributed by atoms with Gasteiger partial charge in [0.1, 0.15) is 0 Å². The third kappa shape index (κ3) is 7.33. The van der Waals surface area contributed by atoms with Gasteiger partial charge >= 0.3 is 0 Å². The summed E-state index contributed by atoms with van der Waals surface area (Å²) < 4.78 is 0. The molecule has 1 amide bonds. The fourth-order valence-electron chi connectivity index (χ4n) is 1.25. The molecule has 0 aliphatic rings. The SMILES string of the molecule is CCN(CC(C)(C)O)C(=O)CNC(C)C. The van der Waals surface area contributed by atoms with Crippen molar-refractivity contribution in [3.05, 3.63) is 0 Å². The number of carbonyl (C=O) groups excluding carboxylic acids is 1. The van der Waals surface area contributed by atoms with Gasteiger partial charge in [-0.2, -0.15) is 0 Å². The van der Waals surface area contributed by atoms with Crippen molar-refractivity contribution in [1.29, 1.82) is 0 Å². The van der Waals surface area contributed by atoms with E-state index in [1.807, 2.05) is 20.8 Å². The minimum absolute atomic E-state index is 0.0355. The first-order valence-electron chi connectivity index (χ1n) is 5.49. The molecule has 0 aromatic carbocycles. The van der Waals surface area contributed by atoms with Crippen LogP contribution in [0.1, 0.15) is 34.6 Å². The molecular weight excluding hydrogens is 192 g/mol. The van der Waals surface area contributed by atoms with E-state index in [-0.39, 0.29) is 5.91 Å². The van der Waals surface area contributed by atoms with Crippen molar-refractivity contribution in [3.63, 3.8) is 0 Å². The highest BCUT2D eigenvalue weighted by atomic mass is 16.3. The number of hydrogen-bond acceptors (Lipinski definition) is 3. The predicted molar refractivity (Wildman–Crippen MR) is 61.7 cm³/mol. The van der Waals surface area contributed by atoms with Crippen LogP contribution < -0.4 is 5.32 Å². The fourth-order valence-corrected chi connectivity index (χ4v) is 1.25. The number of aliphatic hydroxyl groups is 1. The zero-order valence-corrected chi connectivity index (χ0v) is 10.5. The van der Waals surface area contributed by atoms with Gasteiger partial charge in [-0.15, -0.1) is 0 Å². The maximum absolute atomic E-state index is 11.7. The molecule has 0 atom stereocenters. The van der Waals surface area contributed by atoms with Gasteiger partial charge in [0.2, 0.25) is 5.91 Å². The number of likely N-dealkylation sites (N-methyl/N-ethyl adjacent to an activating group) is 1. The van der Waals surface area contributed by atoms with Crippen LogP contribution in [0.3, 0.4) is 0 Å². The molecule has 0 fully saturated rings. The van der Waals surface area contributed by atoms with Gasteiger partial charge in [0.25, 0.3) is 0 Å². The van der Waals surface area contributed by atoms with Gasteiger partial charge in [-0.3, -0.25) is 4.79 Å². The molecule has 2 N–H and O–H groups in total. The summed E-state index contributed by atoms with van der Waals surface area (Å²) in [6.07, 6.45) is 0. The highest BCUT2D eigenvalue weighted by Gasteiger charge is 2.20. The van der Waals surface area contributed by atoms with Crippen molar-refractivity contribution in [2.24, 2.45) is 0 Å². The summed E-state index contributed by atoms with van der Waals surface area (Å²) in [7, 11) is 0. The lowest BCUT2D eigenvalue weighted by molar-refractivity contribution is -0.133. The molecule has 0 radical (unpaired) electrons. The number of amides is 1. The topological polar surface area (TPSA) is 52.6 Å². The molecule has 0 bridgehead atoms. The van der Waals surface area contributed by atoms with E-state index in [1.165, 1.54) is 0 Å². The maximum atomic E-state index is 11.7. The van der Waals surface area contributed by atoms with Gasteiger partial charge in [-0.25, -0.2) is 0 Å². The number of nitrogens with zero attached hydrogens (tertiary/aromatic N) is 1. The normalized spacial score (nSPS) is 11.9. The Morgan fingerprint density at radius 1 is 1.47 bits per heavy atom. The second-order valence-corrected chi connectivity index (χ2v) is 4.76. The van der Waals surface area contributed by atoms with E-state index < -0.39 is 5.60 Å². The zero-order valence-electron chi connectivity index (χ0n) is 10.5. The lowest BCUT2D eigenvalue weighted by atomic mass is 10.1. The average Bonchev–Trinajstić information content (AvgIpc) is 2.08. The van der Waals surface area contributed by atoms with Crippen molar-refractivity contribution in [1.82, 2.24) is 10.2 Å². The molecule has 0 spiro atoms. The van der Waals surface area contributed by atoms with Gasteiger partial charge in [0.05, 0.1) is 12.1 Å². The lowest BCUT2D eigenvalue weighted by Gasteiger charge is -2.28. The van der Waals surface area contributed by atoms with Crippen LogP contribution in [0, 0.1) is 0 Å². The first-order chi connectivity index (χ1) is 6.76. The molecule has 0 aliphatic carbocycles. The van der Waals surface area contributed by atoms with E-state index in [4.69, 9.17) is 0 Å². The van der Waals surface area contributed by atoms with Crippen LogP contribution in [0.25, 0.3) is 0 Å². The Hall–Kier alpha value is -0.610. The summed E-state index contributed by atoms with van der Waals surface area (Å²) in [5.41, 5.74) is -0.830. The molecule has 0 aromatic heterocycles. The van der Waals surface area contributed by atoms with Crippen molar-refractivity contribution in [2.75, 3.05) is 19.6 Å². The zero-order chi connectivity index (χ0) is 12.1. The quantitative estimate of drug-likeness (QED) is 0.684. The van der Waals surface area contributed by atoms with E-state index >= 15 is 0 Å². The van der Waals surface area contributed by atoms with Crippen molar-refractivity contribution < 1.29 is 9.90 Å². The smallest absolute Gasteiger partial charge is 0.236 e. The average molecular weight is 216 g/mol. The monoisotopic (exact) mass is 216 g/mol. The fraction of sp³-hybridized carbons (Fsp3) is 0.909. The summed E-state index contributed by atoms with van der Waals surface area (Å²) in [6.45, 7) is 10.7. The minimum Gasteiger partial charge on any atom is -0.389 e. The molecule has 15 heavy (non-hydrogen) atoms. The van der Waals surface area contributed by atoms with Gasteiger partial charge in [-0.05, 0) is 20.8 Å². The van der Waals surface area contributed by atoms with Crippen molar-refractivity contribution in [2.45, 2.75) is 46.3 Å². The van der Waals surface area contributed by atoms with Crippen LogP contribution in [-0.4, -0.2) is 47.2 Å². The standard InChI is InChI=1S/C11H24N2O2/c1-6-13(8-11(4,5)15)10(14)7-12-9(2)3/h9,12,15H,6-8H2,1-5H3. The molecule has 0 saturated heterocycles. The number of nitrogens with one attached hydrogen (secondary N) is 1. The van der Waals surface area contributed by atoms with Crippen molar-refractivity contribution in [3.8, 4) is 0 Å². The number of hydrogen-bond donors (Lipinski definition) is 2.